The summed E-state index contributed by atoms with van der Waals surface area (Å²) in [4.78, 5) is 0. The average molecular weight is 260 g/mol. The van der Waals surface area contributed by atoms with Gasteiger partial charge in [-0.2, -0.15) is 0 Å². The summed E-state index contributed by atoms with van der Waals surface area (Å²) in [7, 11) is 0. The summed E-state index contributed by atoms with van der Waals surface area (Å²) in [5.74, 6) is 1.61. The van der Waals surface area contributed by atoms with Crippen molar-refractivity contribution in [1.29, 1.82) is 0 Å². The van der Waals surface area contributed by atoms with Crippen molar-refractivity contribution >= 4 is 0 Å². The van der Waals surface area contributed by atoms with Gasteiger partial charge < -0.3 is 9.84 Å². The lowest BCUT2D eigenvalue weighted by Crippen LogP contribution is -2.32. The summed E-state index contributed by atoms with van der Waals surface area (Å²) >= 11 is 0. The van der Waals surface area contributed by atoms with Crippen LogP contribution >= 0.6 is 0 Å². The van der Waals surface area contributed by atoms with Gasteiger partial charge in [-0.3, -0.25) is 0 Å². The first-order valence-corrected chi connectivity index (χ1v) is 7.69. The molecule has 1 N–H and O–H groups in total. The Morgan fingerprint density at radius 3 is 2.58 bits per heavy atom. The van der Waals surface area contributed by atoms with E-state index in [0.29, 0.717) is 12.0 Å². The van der Waals surface area contributed by atoms with Gasteiger partial charge in [0.1, 0.15) is 5.75 Å². The Labute approximate surface area is 115 Å². The molecule has 0 radical (unpaired) electrons. The lowest BCUT2D eigenvalue weighted by atomic mass is 9.73. The molecule has 3 rings (SSSR count). The Hall–Kier alpha value is -1.02. The predicted octanol–water partition coefficient (Wildman–Crippen LogP) is 4.02. The van der Waals surface area contributed by atoms with Crippen LogP contribution in [-0.4, -0.2) is 11.2 Å². The Morgan fingerprint density at radius 2 is 1.95 bits per heavy atom. The highest BCUT2D eigenvalue weighted by Gasteiger charge is 2.35. The highest BCUT2D eigenvalue weighted by atomic mass is 16.5. The zero-order valence-corrected chi connectivity index (χ0v) is 11.8. The topological polar surface area (TPSA) is 29.5 Å². The molecule has 2 unspecified atom stereocenters. The molecule has 2 aliphatic rings. The van der Waals surface area contributed by atoms with Gasteiger partial charge in [-0.05, 0) is 55.7 Å². The molecule has 2 fully saturated rings. The minimum atomic E-state index is -0.614. The van der Waals surface area contributed by atoms with Crippen molar-refractivity contribution in [2.24, 2.45) is 5.92 Å². The Kier molecular flexibility index (Phi) is 3.53. The fourth-order valence-electron chi connectivity index (χ4n) is 3.20. The van der Waals surface area contributed by atoms with E-state index in [-0.39, 0.29) is 0 Å². The summed E-state index contributed by atoms with van der Waals surface area (Å²) in [6.45, 7) is 2.23. The van der Waals surface area contributed by atoms with E-state index in [2.05, 4.69) is 19.1 Å². The summed E-state index contributed by atoms with van der Waals surface area (Å²) in [6.07, 6.45) is 8.18. The number of aliphatic hydroxyl groups is 1. The maximum absolute atomic E-state index is 10.9. The molecule has 0 amide bonds. The first-order valence-electron chi connectivity index (χ1n) is 7.69. The van der Waals surface area contributed by atoms with Gasteiger partial charge in [0.05, 0.1) is 11.7 Å². The molecule has 0 spiro atoms. The molecule has 0 heterocycles. The number of benzene rings is 1. The molecule has 0 bridgehead atoms. The van der Waals surface area contributed by atoms with E-state index >= 15 is 0 Å². The third-order valence-corrected chi connectivity index (χ3v) is 4.63. The van der Waals surface area contributed by atoms with Crippen LogP contribution in [0.3, 0.4) is 0 Å². The van der Waals surface area contributed by atoms with Gasteiger partial charge >= 0.3 is 0 Å². The van der Waals surface area contributed by atoms with Crippen molar-refractivity contribution in [2.75, 3.05) is 0 Å². The highest BCUT2D eigenvalue weighted by Crippen LogP contribution is 2.41. The van der Waals surface area contributed by atoms with Crippen LogP contribution in [0.25, 0.3) is 0 Å². The van der Waals surface area contributed by atoms with Crippen LogP contribution in [0.15, 0.2) is 24.3 Å². The largest absolute Gasteiger partial charge is 0.490 e. The van der Waals surface area contributed by atoms with Gasteiger partial charge in [-0.25, -0.2) is 0 Å². The standard InChI is InChI=1S/C17H24O2/c1-2-13-4-3-11-17(18,12-13)14-5-7-15(8-6-14)19-16-9-10-16/h5-8,13,16,18H,2-4,9-12H2,1H3. The Balaban J connectivity index is 1.72. The van der Waals surface area contributed by atoms with Gasteiger partial charge in [0, 0.05) is 0 Å². The lowest BCUT2D eigenvalue weighted by Gasteiger charge is -2.37. The maximum atomic E-state index is 10.9. The van der Waals surface area contributed by atoms with Gasteiger partial charge in [0.25, 0.3) is 0 Å². The minimum absolute atomic E-state index is 0.438. The SMILES string of the molecule is CCC1CCCC(O)(c2ccc(OC3CC3)cc2)C1. The molecule has 0 saturated heterocycles. The van der Waals surface area contributed by atoms with Crippen LogP contribution in [-0.2, 0) is 5.60 Å². The van der Waals surface area contributed by atoms with Crippen molar-refractivity contribution < 1.29 is 9.84 Å². The second-order valence-electron chi connectivity index (χ2n) is 6.24. The van der Waals surface area contributed by atoms with Crippen LogP contribution in [0.5, 0.6) is 5.75 Å². The van der Waals surface area contributed by atoms with Crippen molar-refractivity contribution in [3.8, 4) is 5.75 Å². The van der Waals surface area contributed by atoms with E-state index in [1.54, 1.807) is 0 Å². The number of ether oxygens (including phenoxy) is 1. The number of rotatable bonds is 4. The smallest absolute Gasteiger partial charge is 0.119 e. The normalized spacial score (nSPS) is 31.2. The second kappa shape index (κ2) is 5.16. The summed E-state index contributed by atoms with van der Waals surface area (Å²) in [6, 6.07) is 8.13. The summed E-state index contributed by atoms with van der Waals surface area (Å²) in [5, 5.41) is 10.9. The third-order valence-electron chi connectivity index (χ3n) is 4.63. The number of hydrogen-bond donors (Lipinski definition) is 1. The van der Waals surface area contributed by atoms with Gasteiger partial charge in [0.15, 0.2) is 0 Å². The fraction of sp³-hybridized carbons (Fsp3) is 0.647. The van der Waals surface area contributed by atoms with Crippen molar-refractivity contribution in [1.82, 2.24) is 0 Å². The third kappa shape index (κ3) is 2.94. The predicted molar refractivity (Wildman–Crippen MR) is 76.2 cm³/mol. The average Bonchev–Trinajstić information content (AvgIpc) is 3.23. The van der Waals surface area contributed by atoms with E-state index in [1.807, 2.05) is 12.1 Å². The molecule has 0 aliphatic heterocycles. The molecule has 1 aromatic rings. The quantitative estimate of drug-likeness (QED) is 0.886. The summed E-state index contributed by atoms with van der Waals surface area (Å²) in [5.41, 5.74) is 0.450. The molecule has 2 atom stereocenters. The van der Waals surface area contributed by atoms with Crippen LogP contribution in [0.1, 0.15) is 57.4 Å². The molecule has 0 aromatic heterocycles. The first kappa shape index (κ1) is 13.0. The van der Waals surface area contributed by atoms with Crippen LogP contribution in [0, 0.1) is 5.92 Å². The highest BCUT2D eigenvalue weighted by molar-refractivity contribution is 5.31. The van der Waals surface area contributed by atoms with Crippen molar-refractivity contribution in [3.63, 3.8) is 0 Å². The first-order chi connectivity index (χ1) is 9.19. The van der Waals surface area contributed by atoms with E-state index in [0.717, 1.165) is 30.6 Å². The molecule has 19 heavy (non-hydrogen) atoms. The Morgan fingerprint density at radius 1 is 1.21 bits per heavy atom. The molecule has 2 heteroatoms. The Bertz CT molecular complexity index is 421. The van der Waals surface area contributed by atoms with Crippen LogP contribution < -0.4 is 4.74 Å². The second-order valence-corrected chi connectivity index (χ2v) is 6.24. The van der Waals surface area contributed by atoms with Gasteiger partial charge in [-0.1, -0.05) is 31.9 Å². The van der Waals surface area contributed by atoms with E-state index in [9.17, 15) is 5.11 Å². The van der Waals surface area contributed by atoms with E-state index < -0.39 is 5.60 Å². The molecule has 1 aromatic carbocycles. The monoisotopic (exact) mass is 260 g/mol. The molecule has 2 nitrogen and oxygen atoms in total. The summed E-state index contributed by atoms with van der Waals surface area (Å²) < 4.78 is 5.76. The molecular formula is C17H24O2. The molecule has 104 valence electrons. The zero-order valence-electron chi connectivity index (χ0n) is 11.8. The fourth-order valence-corrected chi connectivity index (χ4v) is 3.20. The van der Waals surface area contributed by atoms with E-state index in [4.69, 9.17) is 4.74 Å². The van der Waals surface area contributed by atoms with Gasteiger partial charge in [0.2, 0.25) is 0 Å². The van der Waals surface area contributed by atoms with Crippen molar-refractivity contribution in [2.45, 2.75) is 63.6 Å². The minimum Gasteiger partial charge on any atom is -0.490 e. The maximum Gasteiger partial charge on any atom is 0.119 e. The number of hydrogen-bond acceptors (Lipinski definition) is 2. The lowest BCUT2D eigenvalue weighted by molar-refractivity contribution is -0.0217. The zero-order chi connectivity index (χ0) is 13.3. The molecule has 2 aliphatic carbocycles. The van der Waals surface area contributed by atoms with Gasteiger partial charge in [-0.15, -0.1) is 0 Å². The van der Waals surface area contributed by atoms with Crippen LogP contribution in [0.2, 0.25) is 0 Å². The molecular weight excluding hydrogens is 236 g/mol. The van der Waals surface area contributed by atoms with Crippen molar-refractivity contribution in [3.05, 3.63) is 29.8 Å². The van der Waals surface area contributed by atoms with Crippen LogP contribution in [0.4, 0.5) is 0 Å². The van der Waals surface area contributed by atoms with E-state index in [1.165, 1.54) is 25.7 Å². The molecule has 2 saturated carbocycles.